The standard InChI is InChI=1S/C13H14.C12H14N4O/c1-3-11-7-8-13-10(2)5-4-6-12(13)9-11;1-7(2)9-4-5-10(8(3)17)16-6-11(13)15-12(16)14-9/h1,7-10H,4-6H2,2H3;5-6H,1,4,13H2,2-3H3/t10-;/m0./s1. The minimum atomic E-state index is -0.0400. The van der Waals surface area contributed by atoms with E-state index in [1.807, 2.05) is 13.0 Å². The Balaban J connectivity index is 0.000000177. The van der Waals surface area contributed by atoms with E-state index in [2.05, 4.69) is 47.6 Å². The Morgan fingerprint density at radius 2 is 2.13 bits per heavy atom. The van der Waals surface area contributed by atoms with Crippen LogP contribution in [0.15, 0.2) is 47.6 Å². The van der Waals surface area contributed by atoms with Gasteiger partial charge >= 0.3 is 0 Å². The van der Waals surface area contributed by atoms with Crippen molar-refractivity contribution in [2.24, 2.45) is 4.99 Å². The first-order valence-corrected chi connectivity index (χ1v) is 10.2. The molecule has 0 saturated heterocycles. The Morgan fingerprint density at radius 3 is 2.80 bits per heavy atom. The molecule has 5 heteroatoms. The molecule has 1 aliphatic heterocycles. The van der Waals surface area contributed by atoms with Gasteiger partial charge in [0.1, 0.15) is 5.82 Å². The van der Waals surface area contributed by atoms with Gasteiger partial charge in [0.15, 0.2) is 5.78 Å². The van der Waals surface area contributed by atoms with Crippen LogP contribution in [-0.2, 0) is 11.2 Å². The van der Waals surface area contributed by atoms with E-state index in [9.17, 15) is 4.79 Å². The summed E-state index contributed by atoms with van der Waals surface area (Å²) in [5, 5.41) is 0. The first-order chi connectivity index (χ1) is 14.3. The number of imidazole rings is 1. The van der Waals surface area contributed by atoms with Crippen LogP contribution in [0.25, 0.3) is 5.70 Å². The summed E-state index contributed by atoms with van der Waals surface area (Å²) < 4.78 is 1.62. The quantitative estimate of drug-likeness (QED) is 0.717. The summed E-state index contributed by atoms with van der Waals surface area (Å²) in [7, 11) is 0. The van der Waals surface area contributed by atoms with Crippen molar-refractivity contribution in [2.75, 3.05) is 5.73 Å². The van der Waals surface area contributed by atoms with Gasteiger partial charge in [-0.15, -0.1) is 6.42 Å². The number of nitrogens with zero attached hydrogens (tertiary/aromatic N) is 3. The van der Waals surface area contributed by atoms with Crippen LogP contribution < -0.4 is 5.73 Å². The summed E-state index contributed by atoms with van der Waals surface area (Å²) in [4.78, 5) is 20.0. The smallest absolute Gasteiger partial charge is 0.236 e. The topological polar surface area (TPSA) is 73.3 Å². The lowest BCUT2D eigenvalue weighted by Gasteiger charge is -2.22. The molecule has 2 aromatic rings. The number of aryl methyl sites for hydroxylation is 1. The third-order valence-electron chi connectivity index (χ3n) is 5.47. The number of hydrogen-bond acceptors (Lipinski definition) is 4. The molecule has 30 heavy (non-hydrogen) atoms. The number of aromatic nitrogens is 2. The highest BCUT2D eigenvalue weighted by molar-refractivity contribution is 6.16. The molecule has 0 spiro atoms. The average molecular weight is 401 g/mol. The highest BCUT2D eigenvalue weighted by atomic mass is 16.1. The first-order valence-electron chi connectivity index (χ1n) is 10.2. The van der Waals surface area contributed by atoms with Crippen molar-refractivity contribution in [1.29, 1.82) is 0 Å². The molecule has 5 nitrogen and oxygen atoms in total. The van der Waals surface area contributed by atoms with Crippen molar-refractivity contribution < 1.29 is 4.79 Å². The third-order valence-corrected chi connectivity index (χ3v) is 5.47. The second-order valence-electron chi connectivity index (χ2n) is 7.88. The highest BCUT2D eigenvalue weighted by Crippen LogP contribution is 2.31. The number of hydrogen-bond donors (Lipinski definition) is 1. The van der Waals surface area contributed by atoms with E-state index in [0.717, 1.165) is 22.8 Å². The second kappa shape index (κ2) is 8.96. The maximum atomic E-state index is 11.6. The number of carbonyl (C=O) groups is 1. The number of fused-ring (bicyclic) bond motifs is 2. The van der Waals surface area contributed by atoms with E-state index < -0.39 is 0 Å². The molecule has 0 unspecified atom stereocenters. The fourth-order valence-corrected chi connectivity index (χ4v) is 3.83. The van der Waals surface area contributed by atoms with Gasteiger partial charge in [0.25, 0.3) is 0 Å². The number of rotatable bonds is 2. The zero-order chi connectivity index (χ0) is 21.8. The van der Waals surface area contributed by atoms with E-state index in [1.54, 1.807) is 10.8 Å². The van der Waals surface area contributed by atoms with E-state index in [1.165, 1.54) is 37.3 Å². The van der Waals surface area contributed by atoms with Crippen molar-refractivity contribution in [3.63, 3.8) is 0 Å². The maximum absolute atomic E-state index is 11.6. The van der Waals surface area contributed by atoms with Gasteiger partial charge in [-0.2, -0.15) is 4.98 Å². The lowest BCUT2D eigenvalue weighted by molar-refractivity contribution is -0.112. The molecule has 1 aliphatic carbocycles. The van der Waals surface area contributed by atoms with E-state index >= 15 is 0 Å². The molecule has 0 amide bonds. The molecule has 1 aromatic heterocycles. The van der Waals surface area contributed by atoms with Gasteiger partial charge in [0.2, 0.25) is 5.95 Å². The molecule has 0 saturated carbocycles. The fraction of sp³-hybridized carbons (Fsp3) is 0.320. The minimum absolute atomic E-state index is 0.0400. The summed E-state index contributed by atoms with van der Waals surface area (Å²) in [5.74, 6) is 4.15. The first kappa shape index (κ1) is 21.3. The van der Waals surface area contributed by atoms with Crippen molar-refractivity contribution in [3.05, 3.63) is 59.3 Å². The fourth-order valence-electron chi connectivity index (χ4n) is 3.83. The van der Waals surface area contributed by atoms with E-state index in [4.69, 9.17) is 12.2 Å². The van der Waals surface area contributed by atoms with Crippen molar-refractivity contribution >= 4 is 29.0 Å². The molecule has 4 rings (SSSR count). The van der Waals surface area contributed by atoms with Gasteiger partial charge in [-0.3, -0.25) is 9.36 Å². The number of carbonyl (C=O) groups excluding carboxylic acids is 1. The molecule has 1 atom stereocenters. The number of ketones is 1. The van der Waals surface area contributed by atoms with Crippen LogP contribution in [0.2, 0.25) is 0 Å². The predicted molar refractivity (Wildman–Crippen MR) is 124 cm³/mol. The number of terminal acetylenes is 1. The summed E-state index contributed by atoms with van der Waals surface area (Å²) >= 11 is 0. The summed E-state index contributed by atoms with van der Waals surface area (Å²) in [5.41, 5.74) is 11.8. The molecular formula is C25H28N4O. The van der Waals surface area contributed by atoms with Crippen LogP contribution in [-0.4, -0.2) is 21.0 Å². The van der Waals surface area contributed by atoms with Crippen LogP contribution in [0.5, 0.6) is 0 Å². The lowest BCUT2D eigenvalue weighted by atomic mass is 9.83. The minimum Gasteiger partial charge on any atom is -0.382 e. The lowest BCUT2D eigenvalue weighted by Crippen LogP contribution is -2.06. The second-order valence-corrected chi connectivity index (χ2v) is 7.88. The van der Waals surface area contributed by atoms with Crippen LogP contribution in [0, 0.1) is 12.3 Å². The number of allylic oxidation sites excluding steroid dienone is 3. The normalized spacial score (nSPS) is 17.1. The van der Waals surface area contributed by atoms with Gasteiger partial charge < -0.3 is 5.73 Å². The number of anilines is 1. The zero-order valence-corrected chi connectivity index (χ0v) is 17.9. The number of nitrogens with two attached hydrogens (primary N) is 1. The van der Waals surface area contributed by atoms with Gasteiger partial charge in [0.05, 0.1) is 17.6 Å². The molecule has 0 fully saturated rings. The Labute approximate surface area is 178 Å². The zero-order valence-electron chi connectivity index (χ0n) is 17.9. The molecule has 2 heterocycles. The average Bonchev–Trinajstić information content (AvgIpc) is 2.97. The molecule has 0 bridgehead atoms. The molecule has 1 aromatic carbocycles. The van der Waals surface area contributed by atoms with Gasteiger partial charge in [-0.1, -0.05) is 31.6 Å². The Morgan fingerprint density at radius 1 is 1.37 bits per heavy atom. The number of nitrogen functional groups attached to an aromatic ring is 1. The number of benzene rings is 1. The number of aliphatic imine (C=N–C) groups is 1. The molecule has 0 radical (unpaired) electrons. The largest absolute Gasteiger partial charge is 0.382 e. The van der Waals surface area contributed by atoms with E-state index in [0.29, 0.717) is 23.9 Å². The molecule has 2 aliphatic rings. The van der Waals surface area contributed by atoms with Crippen LogP contribution in [0.4, 0.5) is 11.8 Å². The maximum Gasteiger partial charge on any atom is 0.236 e. The highest BCUT2D eigenvalue weighted by Gasteiger charge is 2.18. The summed E-state index contributed by atoms with van der Waals surface area (Å²) in [6.45, 7) is 9.54. The summed E-state index contributed by atoms with van der Waals surface area (Å²) in [6.07, 6.45) is 13.2. The number of Topliss-reactive ketones (excluding diaryl/α,β-unsaturated/α-hetero) is 1. The molecule has 2 N–H and O–H groups in total. The Bertz CT molecular complexity index is 1090. The van der Waals surface area contributed by atoms with Crippen LogP contribution >= 0.6 is 0 Å². The van der Waals surface area contributed by atoms with Gasteiger partial charge in [-0.05, 0) is 60.9 Å². The van der Waals surface area contributed by atoms with Gasteiger partial charge in [0, 0.05) is 18.9 Å². The SMILES string of the molecule is C#Cc1ccc2c(c1)CCC[C@@H]2C.C=C(C)C1=Nc2nc(N)cn2C(C(C)=O)=CC1. The van der Waals surface area contributed by atoms with E-state index in [-0.39, 0.29) is 5.78 Å². The Kier molecular flexibility index (Phi) is 6.37. The van der Waals surface area contributed by atoms with Crippen LogP contribution in [0.3, 0.4) is 0 Å². The van der Waals surface area contributed by atoms with Gasteiger partial charge in [-0.25, -0.2) is 4.99 Å². The van der Waals surface area contributed by atoms with Crippen molar-refractivity contribution in [2.45, 2.75) is 52.4 Å². The predicted octanol–water partition coefficient (Wildman–Crippen LogP) is 5.06. The summed E-state index contributed by atoms with van der Waals surface area (Å²) in [6, 6.07) is 6.43. The van der Waals surface area contributed by atoms with Crippen LogP contribution in [0.1, 0.15) is 62.6 Å². The third kappa shape index (κ3) is 4.60. The molecular weight excluding hydrogens is 372 g/mol. The molecule has 154 valence electrons. The monoisotopic (exact) mass is 400 g/mol. The Hall–Kier alpha value is -3.39. The van der Waals surface area contributed by atoms with Crippen molar-refractivity contribution in [3.8, 4) is 12.3 Å². The van der Waals surface area contributed by atoms with Crippen molar-refractivity contribution in [1.82, 2.24) is 9.55 Å².